The van der Waals surface area contributed by atoms with E-state index in [0.717, 1.165) is 0 Å². The van der Waals surface area contributed by atoms with E-state index in [1.807, 2.05) is 25.3 Å². The van der Waals surface area contributed by atoms with Crippen LogP contribution in [0.3, 0.4) is 0 Å². The van der Waals surface area contributed by atoms with Gasteiger partial charge in [0.15, 0.2) is 6.10 Å². The van der Waals surface area contributed by atoms with Gasteiger partial charge in [-0.1, -0.05) is 6.07 Å². The highest BCUT2D eigenvalue weighted by Gasteiger charge is 2.31. The molecular weight excluding hydrogens is 392 g/mol. The van der Waals surface area contributed by atoms with E-state index in [4.69, 9.17) is 4.74 Å². The number of esters is 1. The maximum Gasteiger partial charge on any atom is 0.309 e. The number of nitrogens with zero attached hydrogens (tertiary/aromatic N) is 3. The highest BCUT2D eigenvalue weighted by Crippen LogP contribution is 2.22. The topological polar surface area (TPSA) is 93.5 Å². The summed E-state index contributed by atoms with van der Waals surface area (Å²) in [5.74, 6) is -0.534. The van der Waals surface area contributed by atoms with Crippen LogP contribution >= 0.6 is 11.3 Å². The molecule has 0 spiro atoms. The number of hydrogen-bond acceptors (Lipinski definition) is 6. The van der Waals surface area contributed by atoms with Crippen LogP contribution in [0.15, 0.2) is 29.8 Å². The third-order valence-corrected chi connectivity index (χ3v) is 5.78. The molecule has 1 aliphatic rings. The Labute approximate surface area is 173 Å². The van der Waals surface area contributed by atoms with Crippen molar-refractivity contribution in [2.45, 2.75) is 45.8 Å². The number of piperidine rings is 1. The van der Waals surface area contributed by atoms with Crippen molar-refractivity contribution < 1.29 is 19.1 Å². The molecule has 0 bridgehead atoms. The lowest BCUT2D eigenvalue weighted by molar-refractivity contribution is -0.158. The Morgan fingerprint density at radius 2 is 1.93 bits per heavy atom. The molecule has 1 unspecified atom stereocenters. The van der Waals surface area contributed by atoms with Gasteiger partial charge in [0, 0.05) is 25.2 Å². The standard InChI is InChI=1S/C20H26N4O4S/c1-13(2)24-17(6-9-21-24)22-18(25)14(3)28-20(27)15-7-10-23(11-8-15)19(26)16-5-4-12-29-16/h4-6,9,12-15H,7-8,10-11H2,1-3H3,(H,22,25). The number of rotatable bonds is 6. The minimum atomic E-state index is -0.913. The average molecular weight is 419 g/mol. The van der Waals surface area contributed by atoms with Crippen molar-refractivity contribution in [2.24, 2.45) is 5.92 Å². The summed E-state index contributed by atoms with van der Waals surface area (Å²) in [7, 11) is 0. The molecule has 8 nitrogen and oxygen atoms in total. The second-order valence-electron chi connectivity index (χ2n) is 7.37. The SMILES string of the molecule is CC(OC(=O)C1CCN(C(=O)c2cccs2)CC1)C(=O)Nc1ccnn1C(C)C. The molecule has 1 N–H and O–H groups in total. The first-order chi connectivity index (χ1) is 13.9. The summed E-state index contributed by atoms with van der Waals surface area (Å²) in [6.45, 7) is 6.48. The van der Waals surface area contributed by atoms with Crippen molar-refractivity contribution in [2.75, 3.05) is 18.4 Å². The van der Waals surface area contributed by atoms with Gasteiger partial charge >= 0.3 is 5.97 Å². The molecule has 29 heavy (non-hydrogen) atoms. The lowest BCUT2D eigenvalue weighted by Gasteiger charge is -2.31. The zero-order valence-corrected chi connectivity index (χ0v) is 17.6. The van der Waals surface area contributed by atoms with E-state index < -0.39 is 18.0 Å². The Bertz CT molecular complexity index is 854. The van der Waals surface area contributed by atoms with Gasteiger partial charge in [-0.25, -0.2) is 4.68 Å². The van der Waals surface area contributed by atoms with Gasteiger partial charge in [-0.05, 0) is 45.1 Å². The third-order valence-electron chi connectivity index (χ3n) is 4.92. The summed E-state index contributed by atoms with van der Waals surface area (Å²) in [5, 5.41) is 8.79. The number of likely N-dealkylation sites (tertiary alicyclic amines) is 1. The van der Waals surface area contributed by atoms with Crippen molar-refractivity contribution in [3.63, 3.8) is 0 Å². The first-order valence-electron chi connectivity index (χ1n) is 9.74. The minimum Gasteiger partial charge on any atom is -0.452 e. The summed E-state index contributed by atoms with van der Waals surface area (Å²) < 4.78 is 7.07. The number of carbonyl (C=O) groups is 3. The largest absolute Gasteiger partial charge is 0.452 e. The molecule has 1 saturated heterocycles. The Balaban J connectivity index is 1.48. The monoisotopic (exact) mass is 418 g/mol. The molecule has 0 radical (unpaired) electrons. The number of nitrogens with one attached hydrogen (secondary N) is 1. The highest BCUT2D eigenvalue weighted by molar-refractivity contribution is 7.12. The van der Waals surface area contributed by atoms with E-state index in [1.165, 1.54) is 11.3 Å². The smallest absolute Gasteiger partial charge is 0.309 e. The number of hydrogen-bond donors (Lipinski definition) is 1. The fraction of sp³-hybridized carbons (Fsp3) is 0.500. The molecule has 0 aromatic carbocycles. The Morgan fingerprint density at radius 3 is 2.55 bits per heavy atom. The number of ether oxygens (including phenoxy) is 1. The molecule has 3 heterocycles. The molecule has 1 fully saturated rings. The molecule has 3 rings (SSSR count). The van der Waals surface area contributed by atoms with Gasteiger partial charge in [-0.2, -0.15) is 5.10 Å². The molecule has 2 aromatic heterocycles. The summed E-state index contributed by atoms with van der Waals surface area (Å²) in [4.78, 5) is 39.7. The van der Waals surface area contributed by atoms with E-state index in [1.54, 1.807) is 34.8 Å². The van der Waals surface area contributed by atoms with Gasteiger partial charge in [0.1, 0.15) is 5.82 Å². The second kappa shape index (κ2) is 9.21. The fourth-order valence-electron chi connectivity index (χ4n) is 3.25. The van der Waals surface area contributed by atoms with Crippen LogP contribution in [0.5, 0.6) is 0 Å². The number of anilines is 1. The molecule has 0 saturated carbocycles. The van der Waals surface area contributed by atoms with Crippen molar-refractivity contribution in [1.82, 2.24) is 14.7 Å². The van der Waals surface area contributed by atoms with E-state index in [9.17, 15) is 14.4 Å². The van der Waals surface area contributed by atoms with Crippen LogP contribution in [-0.4, -0.2) is 51.7 Å². The number of carbonyl (C=O) groups excluding carboxylic acids is 3. The van der Waals surface area contributed by atoms with Gasteiger partial charge in [0.2, 0.25) is 0 Å². The molecule has 0 aliphatic carbocycles. The predicted octanol–water partition coefficient (Wildman–Crippen LogP) is 2.95. The summed E-state index contributed by atoms with van der Waals surface area (Å²) in [6.07, 6.45) is 1.76. The first kappa shape index (κ1) is 21.0. The molecule has 1 atom stereocenters. The lowest BCUT2D eigenvalue weighted by atomic mass is 9.97. The van der Waals surface area contributed by atoms with Gasteiger partial charge in [0.25, 0.3) is 11.8 Å². The first-order valence-corrected chi connectivity index (χ1v) is 10.6. The number of aromatic nitrogens is 2. The van der Waals surface area contributed by atoms with Crippen LogP contribution in [0, 0.1) is 5.92 Å². The molecule has 9 heteroatoms. The lowest BCUT2D eigenvalue weighted by Crippen LogP contribution is -2.41. The van der Waals surface area contributed by atoms with Gasteiger partial charge in [0.05, 0.1) is 17.0 Å². The van der Waals surface area contributed by atoms with Crippen LogP contribution in [0.4, 0.5) is 5.82 Å². The van der Waals surface area contributed by atoms with Crippen molar-refractivity contribution >= 4 is 34.9 Å². The number of amides is 2. The quantitative estimate of drug-likeness (QED) is 0.728. The average Bonchev–Trinajstić information content (AvgIpc) is 3.39. The normalized spacial score (nSPS) is 15.9. The van der Waals surface area contributed by atoms with Gasteiger partial charge in [-0.15, -0.1) is 11.3 Å². The van der Waals surface area contributed by atoms with Gasteiger partial charge < -0.3 is 15.0 Å². The van der Waals surface area contributed by atoms with Crippen LogP contribution in [0.1, 0.15) is 49.3 Å². The predicted molar refractivity (Wildman–Crippen MR) is 110 cm³/mol. The van der Waals surface area contributed by atoms with Crippen molar-refractivity contribution in [3.05, 3.63) is 34.7 Å². The zero-order chi connectivity index (χ0) is 21.0. The van der Waals surface area contributed by atoms with Crippen molar-refractivity contribution in [1.29, 1.82) is 0 Å². The molecule has 1 aliphatic heterocycles. The fourth-order valence-corrected chi connectivity index (χ4v) is 3.94. The zero-order valence-electron chi connectivity index (χ0n) is 16.8. The van der Waals surface area contributed by atoms with Crippen molar-refractivity contribution in [3.8, 4) is 0 Å². The number of thiophene rings is 1. The molecule has 2 amide bonds. The van der Waals surface area contributed by atoms with Gasteiger partial charge in [-0.3, -0.25) is 14.4 Å². The highest BCUT2D eigenvalue weighted by atomic mass is 32.1. The Morgan fingerprint density at radius 1 is 1.21 bits per heavy atom. The Hall–Kier alpha value is -2.68. The van der Waals surface area contributed by atoms with E-state index in [-0.39, 0.29) is 17.9 Å². The molecule has 156 valence electrons. The Kier molecular flexibility index (Phi) is 6.68. The second-order valence-corrected chi connectivity index (χ2v) is 8.31. The van der Waals surface area contributed by atoms with E-state index in [2.05, 4.69) is 10.4 Å². The maximum atomic E-state index is 12.5. The maximum absolute atomic E-state index is 12.5. The van der Waals surface area contributed by atoms with E-state index in [0.29, 0.717) is 36.6 Å². The third kappa shape index (κ3) is 5.03. The van der Waals surface area contributed by atoms with Crippen LogP contribution in [0.2, 0.25) is 0 Å². The summed E-state index contributed by atoms with van der Waals surface area (Å²) in [6, 6.07) is 5.45. The summed E-state index contributed by atoms with van der Waals surface area (Å²) >= 11 is 1.41. The molecular formula is C20H26N4O4S. The van der Waals surface area contributed by atoms with Crippen LogP contribution in [-0.2, 0) is 14.3 Å². The summed E-state index contributed by atoms with van der Waals surface area (Å²) in [5.41, 5.74) is 0. The van der Waals surface area contributed by atoms with Crippen LogP contribution < -0.4 is 5.32 Å². The molecule has 2 aromatic rings. The van der Waals surface area contributed by atoms with E-state index >= 15 is 0 Å². The van der Waals surface area contributed by atoms with Crippen LogP contribution in [0.25, 0.3) is 0 Å². The minimum absolute atomic E-state index is 0.00123.